The third-order valence-electron chi connectivity index (χ3n) is 4.43. The van der Waals surface area contributed by atoms with Crippen LogP contribution >= 0.6 is 0 Å². The second-order valence-corrected chi connectivity index (χ2v) is 6.52. The Balaban J connectivity index is 1.44. The van der Waals surface area contributed by atoms with E-state index in [1.807, 2.05) is 62.4 Å². The van der Waals surface area contributed by atoms with Crippen LogP contribution < -0.4 is 9.64 Å². The summed E-state index contributed by atoms with van der Waals surface area (Å²) in [6, 6.07) is 15.5. The van der Waals surface area contributed by atoms with E-state index >= 15 is 0 Å². The van der Waals surface area contributed by atoms with E-state index in [1.54, 1.807) is 4.90 Å². The van der Waals surface area contributed by atoms with Gasteiger partial charge in [0.05, 0.1) is 13.0 Å². The molecular weight excluding hydrogens is 330 g/mol. The number of amides is 1. The van der Waals surface area contributed by atoms with Crippen LogP contribution in [0.2, 0.25) is 0 Å². The minimum Gasteiger partial charge on any atom is -0.493 e. The van der Waals surface area contributed by atoms with Crippen LogP contribution in [-0.4, -0.2) is 31.1 Å². The van der Waals surface area contributed by atoms with Gasteiger partial charge in [-0.3, -0.25) is 9.59 Å². The van der Waals surface area contributed by atoms with Crippen LogP contribution in [-0.2, 0) is 20.7 Å². The van der Waals surface area contributed by atoms with Gasteiger partial charge in [-0.1, -0.05) is 35.9 Å². The second kappa shape index (κ2) is 8.04. The lowest BCUT2D eigenvalue weighted by atomic mass is 10.1. The first-order valence-corrected chi connectivity index (χ1v) is 8.79. The van der Waals surface area contributed by atoms with Crippen LogP contribution in [0.15, 0.2) is 48.5 Å². The van der Waals surface area contributed by atoms with Crippen LogP contribution in [0.4, 0.5) is 5.69 Å². The molecule has 0 spiro atoms. The normalized spacial score (nSPS) is 15.5. The molecule has 0 fully saturated rings. The van der Waals surface area contributed by atoms with E-state index in [0.717, 1.165) is 23.2 Å². The van der Waals surface area contributed by atoms with Gasteiger partial charge in [0, 0.05) is 11.7 Å². The van der Waals surface area contributed by atoms with Crippen molar-refractivity contribution in [3.63, 3.8) is 0 Å². The lowest BCUT2D eigenvalue weighted by molar-refractivity contribution is -0.148. The lowest BCUT2D eigenvalue weighted by Gasteiger charge is -2.22. The third-order valence-corrected chi connectivity index (χ3v) is 4.43. The number of carbonyl (C=O) groups is 2. The molecule has 0 saturated carbocycles. The van der Waals surface area contributed by atoms with Crippen molar-refractivity contribution in [2.75, 3.05) is 18.1 Å². The summed E-state index contributed by atoms with van der Waals surface area (Å²) in [5.41, 5.74) is 3.20. The molecule has 0 saturated heterocycles. The van der Waals surface area contributed by atoms with Crippen LogP contribution in [0.5, 0.6) is 5.75 Å². The van der Waals surface area contributed by atoms with Gasteiger partial charge in [-0.05, 0) is 44.0 Å². The molecule has 1 atom stereocenters. The summed E-state index contributed by atoms with van der Waals surface area (Å²) in [6.45, 7) is 3.97. The molecule has 2 aromatic rings. The molecular formula is C21H23NO4. The number of nitrogens with zero attached hydrogens (tertiary/aromatic N) is 1. The summed E-state index contributed by atoms with van der Waals surface area (Å²) in [5.74, 6) is 0.0721. The van der Waals surface area contributed by atoms with Gasteiger partial charge in [0.15, 0.2) is 6.61 Å². The fourth-order valence-corrected chi connectivity index (χ4v) is 3.12. The Labute approximate surface area is 153 Å². The second-order valence-electron chi connectivity index (χ2n) is 6.52. The first kappa shape index (κ1) is 18.0. The minimum atomic E-state index is -0.439. The molecule has 1 heterocycles. The van der Waals surface area contributed by atoms with Crippen molar-refractivity contribution in [2.45, 2.75) is 32.7 Å². The highest BCUT2D eigenvalue weighted by Crippen LogP contribution is 2.31. The maximum atomic E-state index is 12.5. The van der Waals surface area contributed by atoms with Gasteiger partial charge in [0.2, 0.25) is 0 Å². The quantitative estimate of drug-likeness (QED) is 0.748. The zero-order valence-electron chi connectivity index (χ0n) is 15.1. The molecule has 5 heteroatoms. The van der Waals surface area contributed by atoms with Gasteiger partial charge in [-0.15, -0.1) is 0 Å². The van der Waals surface area contributed by atoms with Crippen molar-refractivity contribution in [1.29, 1.82) is 0 Å². The summed E-state index contributed by atoms with van der Waals surface area (Å²) in [5, 5.41) is 0. The Kier molecular flexibility index (Phi) is 5.56. The summed E-state index contributed by atoms with van der Waals surface area (Å²) >= 11 is 0. The first-order chi connectivity index (χ1) is 12.5. The van der Waals surface area contributed by atoms with E-state index in [0.29, 0.717) is 5.75 Å². The van der Waals surface area contributed by atoms with Crippen molar-refractivity contribution in [2.24, 2.45) is 0 Å². The Morgan fingerprint density at radius 3 is 2.62 bits per heavy atom. The first-order valence-electron chi connectivity index (χ1n) is 8.79. The summed E-state index contributed by atoms with van der Waals surface area (Å²) in [4.78, 5) is 26.0. The minimum absolute atomic E-state index is 0.0727. The maximum absolute atomic E-state index is 12.5. The number of hydrogen-bond donors (Lipinski definition) is 0. The number of fused-ring (bicyclic) bond motifs is 1. The number of para-hydroxylation sites is 1. The number of carbonyl (C=O) groups excluding carboxylic acids is 2. The predicted octanol–water partition coefficient (Wildman–Crippen LogP) is 3.28. The predicted molar refractivity (Wildman–Crippen MR) is 99.3 cm³/mol. The molecule has 0 N–H and O–H groups in total. The summed E-state index contributed by atoms with van der Waals surface area (Å²) < 4.78 is 10.6. The summed E-state index contributed by atoms with van der Waals surface area (Å²) in [6.07, 6.45) is 0.924. The number of ether oxygens (including phenoxy) is 2. The molecule has 0 aromatic heterocycles. The van der Waals surface area contributed by atoms with Gasteiger partial charge in [0.1, 0.15) is 5.75 Å². The Hall–Kier alpha value is -2.82. The zero-order valence-corrected chi connectivity index (χ0v) is 15.1. The highest BCUT2D eigenvalue weighted by Gasteiger charge is 2.30. The molecule has 3 rings (SSSR count). The zero-order chi connectivity index (χ0) is 18.5. The lowest BCUT2D eigenvalue weighted by Crippen LogP contribution is -2.38. The number of rotatable bonds is 6. The molecule has 1 aliphatic heterocycles. The Bertz CT molecular complexity index is 785. The van der Waals surface area contributed by atoms with Crippen molar-refractivity contribution in [3.05, 3.63) is 59.7 Å². The number of anilines is 1. The van der Waals surface area contributed by atoms with Crippen LogP contribution in [0.1, 0.15) is 24.5 Å². The van der Waals surface area contributed by atoms with Crippen molar-refractivity contribution < 1.29 is 19.1 Å². The fraction of sp³-hybridized carbons (Fsp3) is 0.333. The summed E-state index contributed by atoms with van der Waals surface area (Å²) in [7, 11) is 0. The van der Waals surface area contributed by atoms with E-state index < -0.39 is 5.97 Å². The Morgan fingerprint density at radius 1 is 1.12 bits per heavy atom. The number of hydrogen-bond acceptors (Lipinski definition) is 4. The van der Waals surface area contributed by atoms with E-state index in [1.165, 1.54) is 0 Å². The molecule has 2 aromatic carbocycles. The molecule has 0 aliphatic carbocycles. The van der Waals surface area contributed by atoms with Crippen molar-refractivity contribution >= 4 is 17.6 Å². The monoisotopic (exact) mass is 353 g/mol. The van der Waals surface area contributed by atoms with Crippen LogP contribution in [0, 0.1) is 6.92 Å². The van der Waals surface area contributed by atoms with Crippen molar-refractivity contribution in [3.8, 4) is 5.75 Å². The fourth-order valence-electron chi connectivity index (χ4n) is 3.12. The average molecular weight is 353 g/mol. The number of esters is 1. The van der Waals surface area contributed by atoms with Gasteiger partial charge in [0.25, 0.3) is 5.91 Å². The van der Waals surface area contributed by atoms with Crippen LogP contribution in [0.3, 0.4) is 0 Å². The van der Waals surface area contributed by atoms with Gasteiger partial charge >= 0.3 is 5.97 Å². The number of benzene rings is 2. The molecule has 0 bridgehead atoms. The van der Waals surface area contributed by atoms with E-state index in [9.17, 15) is 9.59 Å². The molecule has 1 amide bonds. The smallest absolute Gasteiger partial charge is 0.309 e. The SMILES string of the molecule is Cc1ccc(OCCC(=O)OCC(=O)N2c3ccccc3C[C@@H]2C)cc1. The average Bonchev–Trinajstić information content (AvgIpc) is 2.97. The van der Waals surface area contributed by atoms with Crippen LogP contribution in [0.25, 0.3) is 0 Å². The topological polar surface area (TPSA) is 55.8 Å². The maximum Gasteiger partial charge on any atom is 0.309 e. The van der Waals surface area contributed by atoms with Gasteiger partial charge < -0.3 is 14.4 Å². The van der Waals surface area contributed by atoms with Crippen molar-refractivity contribution in [1.82, 2.24) is 0 Å². The molecule has 5 nitrogen and oxygen atoms in total. The molecule has 26 heavy (non-hydrogen) atoms. The molecule has 136 valence electrons. The highest BCUT2D eigenvalue weighted by atomic mass is 16.5. The highest BCUT2D eigenvalue weighted by molar-refractivity contribution is 5.97. The van der Waals surface area contributed by atoms with Gasteiger partial charge in [-0.25, -0.2) is 0 Å². The third kappa shape index (κ3) is 4.23. The standard InChI is InChI=1S/C21H23NO4/c1-15-7-9-18(10-8-15)25-12-11-21(24)26-14-20(23)22-16(2)13-17-5-3-4-6-19(17)22/h3-10,16H,11-14H2,1-2H3/t16-/m0/s1. The number of aryl methyl sites for hydroxylation is 1. The van der Waals surface area contributed by atoms with E-state index in [4.69, 9.17) is 9.47 Å². The molecule has 0 radical (unpaired) electrons. The largest absolute Gasteiger partial charge is 0.493 e. The van der Waals surface area contributed by atoms with E-state index in [2.05, 4.69) is 0 Å². The van der Waals surface area contributed by atoms with Gasteiger partial charge in [-0.2, -0.15) is 0 Å². The van der Waals surface area contributed by atoms with E-state index in [-0.39, 0.29) is 31.6 Å². The Morgan fingerprint density at radius 2 is 1.85 bits per heavy atom. The molecule has 1 aliphatic rings. The molecule has 0 unspecified atom stereocenters.